The molecule has 2 amide bonds. The normalized spacial score (nSPS) is 16.2. The highest BCUT2D eigenvalue weighted by atomic mass is 16.5. The van der Waals surface area contributed by atoms with Crippen molar-refractivity contribution in [1.29, 1.82) is 0 Å². The molecule has 1 saturated heterocycles. The zero-order valence-corrected chi connectivity index (χ0v) is 20.5. The number of esters is 1. The van der Waals surface area contributed by atoms with Crippen molar-refractivity contribution >= 4 is 23.6 Å². The topological polar surface area (TPSA) is 113 Å². The van der Waals surface area contributed by atoms with E-state index in [9.17, 15) is 14.4 Å². The van der Waals surface area contributed by atoms with Crippen molar-refractivity contribution in [1.82, 2.24) is 20.9 Å². The number of hydrogen-bond acceptors (Lipinski definition) is 7. The first-order valence-electron chi connectivity index (χ1n) is 12.6. The number of anilines is 1. The lowest BCUT2D eigenvalue weighted by Crippen LogP contribution is -2.56. The lowest BCUT2D eigenvalue weighted by molar-refractivity contribution is -0.148. The van der Waals surface area contributed by atoms with Crippen LogP contribution in [0.2, 0.25) is 0 Å². The number of aryl methyl sites for hydroxylation is 2. The van der Waals surface area contributed by atoms with E-state index >= 15 is 0 Å². The molecule has 1 unspecified atom stereocenters. The maximum Gasteiger partial charge on any atom is 0.330 e. The summed E-state index contributed by atoms with van der Waals surface area (Å²) in [4.78, 5) is 44.1. The second kappa shape index (κ2) is 13.3. The number of unbranched alkanes of at least 4 members (excludes halogenated alkanes) is 2. The van der Waals surface area contributed by atoms with E-state index in [1.807, 2.05) is 6.92 Å². The molecule has 0 saturated carbocycles. The Bertz CT molecular complexity index is 843. The summed E-state index contributed by atoms with van der Waals surface area (Å²) in [5, 5.41) is 8.57. The van der Waals surface area contributed by atoms with Crippen molar-refractivity contribution in [3.05, 3.63) is 23.4 Å². The zero-order valence-electron chi connectivity index (χ0n) is 20.5. The van der Waals surface area contributed by atoms with E-state index in [0.717, 1.165) is 56.6 Å². The van der Waals surface area contributed by atoms with E-state index in [1.165, 1.54) is 12.0 Å². The molecule has 0 aliphatic carbocycles. The van der Waals surface area contributed by atoms with E-state index in [-0.39, 0.29) is 24.3 Å². The van der Waals surface area contributed by atoms with Gasteiger partial charge in [-0.15, -0.1) is 0 Å². The van der Waals surface area contributed by atoms with Crippen LogP contribution in [0.3, 0.4) is 0 Å². The van der Waals surface area contributed by atoms with Gasteiger partial charge in [-0.1, -0.05) is 19.4 Å². The Morgan fingerprint density at radius 1 is 1.24 bits per heavy atom. The van der Waals surface area contributed by atoms with Crippen LogP contribution in [-0.4, -0.2) is 68.6 Å². The molecule has 0 bridgehead atoms. The predicted molar refractivity (Wildman–Crippen MR) is 131 cm³/mol. The fraction of sp³-hybridized carbons (Fsp3) is 0.680. The molecule has 0 aromatic carbocycles. The number of rotatable bonds is 13. The first kappa shape index (κ1) is 25.9. The average molecular weight is 474 g/mol. The standard InChI is InChI=1S/C25H39N5O4/c1-3-4-14-34-25(33)21(29-24(32)19-15-26-16-19)17-27-22(31)10-6-5-9-20-12-11-18-8-7-13-30(2)23(18)28-20/h11-12,19,21,26H,3-10,13-17H2,1-2H3,(H,27,31)(H,29,32). The number of pyridine rings is 1. The summed E-state index contributed by atoms with van der Waals surface area (Å²) in [6.45, 7) is 4.60. The molecule has 1 fully saturated rings. The van der Waals surface area contributed by atoms with Crippen molar-refractivity contribution in [2.75, 3.05) is 44.7 Å². The third kappa shape index (κ3) is 7.68. The molecular formula is C25H39N5O4. The van der Waals surface area contributed by atoms with Gasteiger partial charge in [0.15, 0.2) is 0 Å². The van der Waals surface area contributed by atoms with Gasteiger partial charge >= 0.3 is 5.97 Å². The molecule has 0 spiro atoms. The van der Waals surface area contributed by atoms with Gasteiger partial charge in [-0.05, 0) is 50.2 Å². The van der Waals surface area contributed by atoms with Crippen LogP contribution in [-0.2, 0) is 32.0 Å². The second-order valence-corrected chi connectivity index (χ2v) is 9.26. The predicted octanol–water partition coefficient (Wildman–Crippen LogP) is 1.34. The Balaban J connectivity index is 1.39. The molecule has 1 aromatic rings. The van der Waals surface area contributed by atoms with Crippen LogP contribution in [0.25, 0.3) is 0 Å². The summed E-state index contributed by atoms with van der Waals surface area (Å²) in [7, 11) is 2.08. The molecule has 9 heteroatoms. The van der Waals surface area contributed by atoms with Gasteiger partial charge in [0.25, 0.3) is 0 Å². The van der Waals surface area contributed by atoms with Crippen molar-refractivity contribution in [3.63, 3.8) is 0 Å². The first-order valence-corrected chi connectivity index (χ1v) is 12.6. The zero-order chi connectivity index (χ0) is 24.3. The monoisotopic (exact) mass is 473 g/mol. The maximum absolute atomic E-state index is 12.4. The molecule has 3 N–H and O–H groups in total. The van der Waals surface area contributed by atoms with E-state index in [2.05, 4.69) is 40.0 Å². The number of nitrogens with one attached hydrogen (secondary N) is 3. The number of ether oxygens (including phenoxy) is 1. The largest absolute Gasteiger partial charge is 0.464 e. The number of carbonyl (C=O) groups excluding carboxylic acids is 3. The summed E-state index contributed by atoms with van der Waals surface area (Å²) >= 11 is 0. The molecule has 1 atom stereocenters. The Labute approximate surface area is 202 Å². The summed E-state index contributed by atoms with van der Waals surface area (Å²) in [6, 6.07) is 3.39. The molecular weight excluding hydrogens is 434 g/mol. The van der Waals surface area contributed by atoms with Gasteiger partial charge in [-0.2, -0.15) is 0 Å². The molecule has 2 aliphatic rings. The minimum absolute atomic E-state index is 0.0361. The third-order valence-corrected chi connectivity index (χ3v) is 6.40. The van der Waals surface area contributed by atoms with E-state index in [0.29, 0.717) is 26.1 Å². The van der Waals surface area contributed by atoms with Crippen LogP contribution in [0.15, 0.2) is 12.1 Å². The van der Waals surface area contributed by atoms with Gasteiger partial charge in [-0.25, -0.2) is 9.78 Å². The van der Waals surface area contributed by atoms with E-state index in [1.54, 1.807) is 0 Å². The summed E-state index contributed by atoms with van der Waals surface area (Å²) in [5.74, 6) is 0.118. The van der Waals surface area contributed by atoms with Crippen LogP contribution in [0.4, 0.5) is 5.82 Å². The van der Waals surface area contributed by atoms with Crippen LogP contribution < -0.4 is 20.9 Å². The van der Waals surface area contributed by atoms with E-state index < -0.39 is 12.0 Å². The minimum atomic E-state index is -0.870. The van der Waals surface area contributed by atoms with Gasteiger partial charge in [0.05, 0.1) is 12.5 Å². The van der Waals surface area contributed by atoms with Crippen molar-refractivity contribution in [3.8, 4) is 0 Å². The molecule has 34 heavy (non-hydrogen) atoms. The molecule has 3 rings (SSSR count). The highest BCUT2D eigenvalue weighted by molar-refractivity contribution is 5.87. The highest BCUT2D eigenvalue weighted by Crippen LogP contribution is 2.24. The number of fused-ring (bicyclic) bond motifs is 1. The molecule has 0 radical (unpaired) electrons. The van der Waals surface area contributed by atoms with Gasteiger partial charge in [0.2, 0.25) is 11.8 Å². The lowest BCUT2D eigenvalue weighted by Gasteiger charge is -2.28. The molecule has 3 heterocycles. The molecule has 1 aromatic heterocycles. The van der Waals surface area contributed by atoms with Gasteiger partial charge in [0, 0.05) is 45.3 Å². The number of nitrogens with zero attached hydrogens (tertiary/aromatic N) is 2. The Kier molecular flexibility index (Phi) is 10.1. The third-order valence-electron chi connectivity index (χ3n) is 6.40. The van der Waals surface area contributed by atoms with Gasteiger partial charge < -0.3 is 25.6 Å². The van der Waals surface area contributed by atoms with Crippen molar-refractivity contribution < 1.29 is 19.1 Å². The number of carbonyl (C=O) groups is 3. The fourth-order valence-corrected chi connectivity index (χ4v) is 4.06. The number of aromatic nitrogens is 1. The highest BCUT2D eigenvalue weighted by Gasteiger charge is 2.30. The van der Waals surface area contributed by atoms with E-state index in [4.69, 9.17) is 9.72 Å². The van der Waals surface area contributed by atoms with Crippen LogP contribution in [0.5, 0.6) is 0 Å². The van der Waals surface area contributed by atoms with Gasteiger partial charge in [0.1, 0.15) is 11.9 Å². The van der Waals surface area contributed by atoms with Crippen LogP contribution in [0, 0.1) is 5.92 Å². The summed E-state index contributed by atoms with van der Waals surface area (Å²) < 4.78 is 5.27. The molecule has 2 aliphatic heterocycles. The first-order chi connectivity index (χ1) is 16.5. The Morgan fingerprint density at radius 2 is 2.06 bits per heavy atom. The number of hydrogen-bond donors (Lipinski definition) is 3. The van der Waals surface area contributed by atoms with Crippen LogP contribution >= 0.6 is 0 Å². The van der Waals surface area contributed by atoms with Crippen LogP contribution in [0.1, 0.15) is 56.7 Å². The number of amides is 2. The minimum Gasteiger partial charge on any atom is -0.464 e. The summed E-state index contributed by atoms with van der Waals surface area (Å²) in [5.41, 5.74) is 2.36. The van der Waals surface area contributed by atoms with Gasteiger partial charge in [-0.3, -0.25) is 9.59 Å². The van der Waals surface area contributed by atoms with Crippen molar-refractivity contribution in [2.45, 2.75) is 64.3 Å². The SMILES string of the molecule is CCCCOC(=O)C(CNC(=O)CCCCc1ccc2c(n1)N(C)CCC2)NC(=O)C1CNC1. The Hall–Kier alpha value is -2.68. The molecule has 9 nitrogen and oxygen atoms in total. The lowest BCUT2D eigenvalue weighted by atomic mass is 10.0. The smallest absolute Gasteiger partial charge is 0.330 e. The fourth-order valence-electron chi connectivity index (χ4n) is 4.06. The Morgan fingerprint density at radius 3 is 2.79 bits per heavy atom. The maximum atomic E-state index is 12.4. The quantitative estimate of drug-likeness (QED) is 0.293. The average Bonchev–Trinajstić information content (AvgIpc) is 2.78. The van der Waals surface area contributed by atoms with Crippen molar-refractivity contribution in [2.24, 2.45) is 5.92 Å². The molecule has 188 valence electrons. The summed E-state index contributed by atoms with van der Waals surface area (Å²) in [6.07, 6.45) is 6.70. The second-order valence-electron chi connectivity index (χ2n) is 9.26.